The van der Waals surface area contributed by atoms with Crippen LogP contribution >= 0.6 is 11.3 Å². The molecule has 0 bridgehead atoms. The van der Waals surface area contributed by atoms with Gasteiger partial charge < -0.3 is 8.98 Å². The van der Waals surface area contributed by atoms with E-state index in [1.807, 2.05) is 19.2 Å². The van der Waals surface area contributed by atoms with Gasteiger partial charge in [-0.3, -0.25) is 4.90 Å². The summed E-state index contributed by atoms with van der Waals surface area (Å²) in [7, 11) is 2.01. The number of aryl methyl sites for hydroxylation is 1. The average molecular weight is 379 g/mol. The minimum absolute atomic E-state index is 0.329. The number of para-hydroxylation sites is 1. The molecule has 27 heavy (non-hydrogen) atoms. The van der Waals surface area contributed by atoms with Crippen molar-refractivity contribution in [3.8, 4) is 11.6 Å². The highest BCUT2D eigenvalue weighted by Gasteiger charge is 2.30. The number of fused-ring (bicyclic) bond motifs is 1. The zero-order valence-electron chi connectivity index (χ0n) is 15.4. The fourth-order valence-corrected chi connectivity index (χ4v) is 4.89. The Hall–Kier alpha value is -2.51. The highest BCUT2D eigenvalue weighted by molar-refractivity contribution is 7.18. The van der Waals surface area contributed by atoms with E-state index < -0.39 is 0 Å². The van der Waals surface area contributed by atoms with Gasteiger partial charge in [0.1, 0.15) is 10.7 Å². The molecule has 3 aromatic heterocycles. The monoisotopic (exact) mass is 379 g/mol. The van der Waals surface area contributed by atoms with Crippen molar-refractivity contribution in [3.05, 3.63) is 53.0 Å². The number of likely N-dealkylation sites (tertiary alicyclic amines) is 1. The van der Waals surface area contributed by atoms with E-state index in [9.17, 15) is 0 Å². The van der Waals surface area contributed by atoms with Crippen LogP contribution in [0.5, 0.6) is 0 Å². The second-order valence-electron chi connectivity index (χ2n) is 7.07. The van der Waals surface area contributed by atoms with Crippen molar-refractivity contribution in [1.82, 2.24) is 24.6 Å². The molecule has 6 nitrogen and oxygen atoms in total. The van der Waals surface area contributed by atoms with E-state index in [0.717, 1.165) is 24.2 Å². The number of benzene rings is 1. The Balaban J connectivity index is 1.38. The molecular formula is C20H21N5OS. The zero-order valence-corrected chi connectivity index (χ0v) is 16.2. The lowest BCUT2D eigenvalue weighted by Crippen LogP contribution is -2.22. The van der Waals surface area contributed by atoms with Crippen molar-refractivity contribution < 1.29 is 4.42 Å². The van der Waals surface area contributed by atoms with Crippen molar-refractivity contribution in [2.75, 3.05) is 6.54 Å². The van der Waals surface area contributed by atoms with Gasteiger partial charge in [-0.2, -0.15) is 0 Å². The molecule has 0 amide bonds. The average Bonchev–Trinajstić information content (AvgIpc) is 3.43. The van der Waals surface area contributed by atoms with Crippen LogP contribution < -0.4 is 0 Å². The number of nitrogens with zero attached hydrogens (tertiary/aromatic N) is 5. The van der Waals surface area contributed by atoms with Crippen LogP contribution in [0.25, 0.3) is 21.8 Å². The lowest BCUT2D eigenvalue weighted by Gasteiger charge is -2.20. The molecule has 1 saturated heterocycles. The molecule has 4 aromatic rings. The molecule has 0 aliphatic carbocycles. The van der Waals surface area contributed by atoms with Gasteiger partial charge in [0, 0.05) is 12.7 Å². The van der Waals surface area contributed by atoms with E-state index in [-0.39, 0.29) is 0 Å². The minimum atomic E-state index is 0.329. The van der Waals surface area contributed by atoms with Crippen molar-refractivity contribution in [3.63, 3.8) is 0 Å². The lowest BCUT2D eigenvalue weighted by molar-refractivity contribution is 0.224. The molecular weight excluding hydrogens is 358 g/mol. The largest absolute Gasteiger partial charge is 0.418 e. The van der Waals surface area contributed by atoms with Crippen LogP contribution in [0.1, 0.15) is 35.5 Å². The Bertz CT molecular complexity index is 1060. The van der Waals surface area contributed by atoms with Gasteiger partial charge in [-0.1, -0.05) is 12.1 Å². The van der Waals surface area contributed by atoms with E-state index in [1.165, 1.54) is 21.8 Å². The Morgan fingerprint density at radius 3 is 2.89 bits per heavy atom. The van der Waals surface area contributed by atoms with Crippen LogP contribution in [-0.4, -0.2) is 31.2 Å². The standard InChI is InChI=1S/C20H21N5OS/c1-13-9-10-15(24(13)2)19-23-22-18(26-19)12-25-11-5-7-16(25)20-21-14-6-3-4-8-17(14)27-20/h3-4,6,8-10,16H,5,7,11-12H2,1-2H3/t16-/m1/s1. The molecule has 1 atom stereocenters. The van der Waals surface area contributed by atoms with Crippen molar-refractivity contribution in [2.45, 2.75) is 32.4 Å². The lowest BCUT2D eigenvalue weighted by atomic mass is 10.2. The first-order valence-corrected chi connectivity index (χ1v) is 10.1. The summed E-state index contributed by atoms with van der Waals surface area (Å²) >= 11 is 1.79. The van der Waals surface area contributed by atoms with E-state index in [4.69, 9.17) is 9.40 Å². The predicted octanol–water partition coefficient (Wildman–Crippen LogP) is 4.33. The number of thiazole rings is 1. The third kappa shape index (κ3) is 2.96. The van der Waals surface area contributed by atoms with Crippen molar-refractivity contribution in [2.24, 2.45) is 7.05 Å². The molecule has 0 N–H and O–H groups in total. The van der Waals surface area contributed by atoms with E-state index in [1.54, 1.807) is 11.3 Å². The fraction of sp³-hybridized carbons (Fsp3) is 0.350. The van der Waals surface area contributed by atoms with Crippen molar-refractivity contribution in [1.29, 1.82) is 0 Å². The maximum absolute atomic E-state index is 5.97. The summed E-state index contributed by atoms with van der Waals surface area (Å²) in [6.45, 7) is 3.76. The van der Waals surface area contributed by atoms with Crippen LogP contribution in [-0.2, 0) is 13.6 Å². The quantitative estimate of drug-likeness (QED) is 0.528. The second-order valence-corrected chi connectivity index (χ2v) is 8.13. The Morgan fingerprint density at radius 2 is 2.07 bits per heavy atom. The van der Waals surface area contributed by atoms with Gasteiger partial charge in [0.25, 0.3) is 5.89 Å². The van der Waals surface area contributed by atoms with E-state index in [0.29, 0.717) is 24.4 Å². The van der Waals surface area contributed by atoms with Crippen LogP contribution in [0, 0.1) is 6.92 Å². The normalized spacial score (nSPS) is 17.9. The molecule has 1 fully saturated rings. The summed E-state index contributed by atoms with van der Waals surface area (Å²) in [4.78, 5) is 7.27. The van der Waals surface area contributed by atoms with Gasteiger partial charge in [-0.15, -0.1) is 21.5 Å². The summed E-state index contributed by atoms with van der Waals surface area (Å²) in [6.07, 6.45) is 2.29. The van der Waals surface area contributed by atoms with Crippen LogP contribution in [0.15, 0.2) is 40.8 Å². The summed E-state index contributed by atoms with van der Waals surface area (Å²) in [5, 5.41) is 9.73. The minimum Gasteiger partial charge on any atom is -0.418 e. The highest BCUT2D eigenvalue weighted by Crippen LogP contribution is 2.37. The SMILES string of the molecule is Cc1ccc(-c2nnc(CN3CCC[C@@H]3c3nc4ccccc4s3)o2)n1C. The highest BCUT2D eigenvalue weighted by atomic mass is 32.1. The summed E-state index contributed by atoms with van der Waals surface area (Å²) in [6, 6.07) is 12.7. The number of rotatable bonds is 4. The molecule has 7 heteroatoms. The Morgan fingerprint density at radius 1 is 1.19 bits per heavy atom. The number of hydrogen-bond acceptors (Lipinski definition) is 6. The van der Waals surface area contributed by atoms with Gasteiger partial charge in [-0.05, 0) is 50.6 Å². The van der Waals surface area contributed by atoms with E-state index in [2.05, 4.69) is 50.9 Å². The first-order valence-electron chi connectivity index (χ1n) is 9.23. The molecule has 5 rings (SSSR count). The number of aromatic nitrogens is 4. The smallest absolute Gasteiger partial charge is 0.264 e. The third-order valence-electron chi connectivity index (χ3n) is 5.36. The summed E-state index contributed by atoms with van der Waals surface area (Å²) < 4.78 is 9.28. The van der Waals surface area contributed by atoms with Gasteiger partial charge >= 0.3 is 0 Å². The Labute approximate surface area is 161 Å². The molecule has 1 aromatic carbocycles. The maximum Gasteiger partial charge on any atom is 0.264 e. The molecule has 0 radical (unpaired) electrons. The number of hydrogen-bond donors (Lipinski definition) is 0. The molecule has 4 heterocycles. The van der Waals surface area contributed by atoms with Crippen LogP contribution in [0.4, 0.5) is 0 Å². The summed E-state index contributed by atoms with van der Waals surface area (Å²) in [5.74, 6) is 1.24. The molecule has 0 spiro atoms. The molecule has 1 aliphatic rings. The predicted molar refractivity (Wildman–Crippen MR) is 105 cm³/mol. The van der Waals surface area contributed by atoms with Gasteiger partial charge in [0.15, 0.2) is 0 Å². The Kier molecular flexibility index (Phi) is 4.06. The first-order chi connectivity index (χ1) is 13.2. The summed E-state index contributed by atoms with van der Waals surface area (Å²) in [5.41, 5.74) is 3.21. The molecule has 0 saturated carbocycles. The second kappa shape index (κ2) is 6.58. The van der Waals surface area contributed by atoms with Crippen LogP contribution in [0.2, 0.25) is 0 Å². The molecule has 138 valence electrons. The van der Waals surface area contributed by atoms with Crippen molar-refractivity contribution >= 4 is 21.6 Å². The van der Waals surface area contributed by atoms with Gasteiger partial charge in [0.2, 0.25) is 5.89 Å². The fourth-order valence-electron chi connectivity index (χ4n) is 3.75. The molecule has 0 unspecified atom stereocenters. The van der Waals surface area contributed by atoms with Crippen LogP contribution in [0.3, 0.4) is 0 Å². The third-order valence-corrected chi connectivity index (χ3v) is 6.49. The zero-order chi connectivity index (χ0) is 18.4. The maximum atomic E-state index is 5.97. The molecule has 1 aliphatic heterocycles. The topological polar surface area (TPSA) is 60.0 Å². The van der Waals surface area contributed by atoms with E-state index >= 15 is 0 Å². The first kappa shape index (κ1) is 16.6. The van der Waals surface area contributed by atoms with Gasteiger partial charge in [-0.25, -0.2) is 4.98 Å². The van der Waals surface area contributed by atoms with Gasteiger partial charge in [0.05, 0.1) is 22.8 Å².